The van der Waals surface area contributed by atoms with Gasteiger partial charge in [0.05, 0.1) is 0 Å². The monoisotopic (exact) mass is 266 g/mol. The minimum Gasteiger partial charge on any atom is -0.489 e. The van der Waals surface area contributed by atoms with Crippen LogP contribution in [0.1, 0.15) is 17.0 Å². The molecule has 3 rings (SSSR count). The third-order valence-electron chi connectivity index (χ3n) is 3.25. The van der Waals surface area contributed by atoms with Gasteiger partial charge in [0, 0.05) is 5.56 Å². The molecule has 0 fully saturated rings. The first-order valence-electron chi connectivity index (χ1n) is 6.46. The number of para-hydroxylation sites is 1. The molecule has 0 radical (unpaired) electrons. The van der Waals surface area contributed by atoms with E-state index in [9.17, 15) is 4.79 Å². The molecule has 20 heavy (non-hydrogen) atoms. The molecule has 3 nitrogen and oxygen atoms in total. The van der Waals surface area contributed by atoms with Gasteiger partial charge >= 0.3 is 0 Å². The van der Waals surface area contributed by atoms with Crippen LogP contribution in [0.25, 0.3) is 0 Å². The largest absolute Gasteiger partial charge is 0.489 e. The molecule has 0 aromatic heterocycles. The van der Waals surface area contributed by atoms with Crippen molar-refractivity contribution in [1.82, 2.24) is 0 Å². The van der Waals surface area contributed by atoms with Crippen LogP contribution in [0.5, 0.6) is 5.75 Å². The molecule has 1 atom stereocenters. The molecule has 0 amide bonds. The van der Waals surface area contributed by atoms with Crippen molar-refractivity contribution in [3.8, 4) is 5.75 Å². The Kier molecular flexibility index (Phi) is 3.50. The normalized spacial score (nSPS) is 16.6. The third-order valence-corrected chi connectivity index (χ3v) is 3.25. The molecule has 0 spiro atoms. The van der Waals surface area contributed by atoms with Crippen molar-refractivity contribution in [2.45, 2.75) is 12.5 Å². The van der Waals surface area contributed by atoms with Gasteiger partial charge < -0.3 is 14.3 Å². The molecule has 1 aliphatic rings. The Hall–Kier alpha value is -2.55. The highest BCUT2D eigenvalue weighted by molar-refractivity contribution is 5.69. The Morgan fingerprint density at radius 1 is 1.05 bits per heavy atom. The van der Waals surface area contributed by atoms with Gasteiger partial charge in [0.1, 0.15) is 36.6 Å². The zero-order valence-electron chi connectivity index (χ0n) is 10.9. The lowest BCUT2D eigenvalue weighted by Crippen LogP contribution is -2.14. The Labute approximate surface area is 117 Å². The van der Waals surface area contributed by atoms with E-state index in [1.54, 1.807) is 0 Å². The lowest BCUT2D eigenvalue weighted by atomic mass is 9.96. The van der Waals surface area contributed by atoms with Crippen molar-refractivity contribution < 1.29 is 14.3 Å². The summed E-state index contributed by atoms with van der Waals surface area (Å²) in [5.41, 5.74) is 1.89. The number of hydrogen-bond acceptors (Lipinski definition) is 3. The van der Waals surface area contributed by atoms with Crippen molar-refractivity contribution in [3.05, 3.63) is 77.7 Å². The molecule has 1 heterocycles. The minimum atomic E-state index is -0.399. The number of carbonyl (C=O) groups is 1. The van der Waals surface area contributed by atoms with E-state index in [0.29, 0.717) is 18.1 Å². The summed E-state index contributed by atoms with van der Waals surface area (Å²) in [6.07, 6.45) is 2.41. The summed E-state index contributed by atoms with van der Waals surface area (Å²) in [5, 5.41) is 0. The third kappa shape index (κ3) is 2.43. The fourth-order valence-corrected chi connectivity index (χ4v) is 2.20. The fraction of sp³-hybridized carbons (Fsp3) is 0.118. The predicted molar refractivity (Wildman–Crippen MR) is 75.2 cm³/mol. The van der Waals surface area contributed by atoms with Crippen LogP contribution in [0.3, 0.4) is 0 Å². The van der Waals surface area contributed by atoms with Gasteiger partial charge in [-0.1, -0.05) is 48.5 Å². The van der Waals surface area contributed by atoms with E-state index in [0.717, 1.165) is 17.4 Å². The zero-order valence-corrected chi connectivity index (χ0v) is 10.9. The molecule has 0 bridgehead atoms. The number of allylic oxidation sites excluding steroid dienone is 1. The van der Waals surface area contributed by atoms with Crippen LogP contribution in [0.2, 0.25) is 0 Å². The Morgan fingerprint density at radius 3 is 2.60 bits per heavy atom. The summed E-state index contributed by atoms with van der Waals surface area (Å²) in [5.74, 6) is 0.850. The van der Waals surface area contributed by atoms with Crippen LogP contribution in [0.15, 0.2) is 66.6 Å². The van der Waals surface area contributed by atoms with Crippen LogP contribution in [0, 0.1) is 0 Å². The van der Waals surface area contributed by atoms with Gasteiger partial charge in [0.2, 0.25) is 0 Å². The average Bonchev–Trinajstić information content (AvgIpc) is 2.53. The summed E-state index contributed by atoms with van der Waals surface area (Å²) < 4.78 is 11.2. The van der Waals surface area contributed by atoms with Gasteiger partial charge in [-0.15, -0.1) is 0 Å². The van der Waals surface area contributed by atoms with Crippen LogP contribution in [-0.4, -0.2) is 6.29 Å². The topological polar surface area (TPSA) is 35.5 Å². The molecule has 1 unspecified atom stereocenters. The average molecular weight is 266 g/mol. The van der Waals surface area contributed by atoms with Crippen molar-refractivity contribution in [2.24, 2.45) is 0 Å². The fourth-order valence-electron chi connectivity index (χ4n) is 2.20. The summed E-state index contributed by atoms with van der Waals surface area (Å²) in [6, 6.07) is 17.3. The molecule has 2 aromatic rings. The number of ether oxygens (including phenoxy) is 2. The van der Waals surface area contributed by atoms with Gasteiger partial charge in [-0.05, 0) is 11.6 Å². The summed E-state index contributed by atoms with van der Waals surface area (Å²) in [7, 11) is 0. The second kappa shape index (κ2) is 5.61. The van der Waals surface area contributed by atoms with Crippen molar-refractivity contribution in [1.29, 1.82) is 0 Å². The Balaban J connectivity index is 1.77. The molecule has 3 heteroatoms. The predicted octanol–water partition coefficient (Wildman–Crippen LogP) is 3.42. The summed E-state index contributed by atoms with van der Waals surface area (Å²) in [6.45, 7) is 0.419. The Bertz CT molecular complexity index is 632. The van der Waals surface area contributed by atoms with Crippen LogP contribution in [-0.2, 0) is 16.1 Å². The quantitative estimate of drug-likeness (QED) is 0.795. The number of rotatable bonds is 4. The number of fused-ring (bicyclic) bond motifs is 1. The smallest absolute Gasteiger partial charge is 0.146 e. The molecule has 1 aliphatic heterocycles. The minimum absolute atomic E-state index is 0.399. The first kappa shape index (κ1) is 12.5. The number of benzene rings is 2. The molecule has 0 saturated carbocycles. The standard InChI is InChI=1S/C17H14O3/c18-10-15-14-8-4-5-9-16(14)20-12-17(15)19-11-13-6-2-1-3-7-13/h1-10,12,15H,11H2. The maximum absolute atomic E-state index is 11.4. The molecular formula is C17H14O3. The van der Waals surface area contributed by atoms with E-state index in [2.05, 4.69) is 0 Å². The SMILES string of the molecule is O=CC1C(OCc2ccccc2)=COc2ccccc21. The maximum Gasteiger partial charge on any atom is 0.146 e. The number of aldehydes is 1. The first-order valence-corrected chi connectivity index (χ1v) is 6.46. The van der Waals surface area contributed by atoms with Crippen molar-refractivity contribution in [2.75, 3.05) is 0 Å². The first-order chi connectivity index (χ1) is 9.88. The van der Waals surface area contributed by atoms with E-state index in [4.69, 9.17) is 9.47 Å². The molecular weight excluding hydrogens is 252 g/mol. The van der Waals surface area contributed by atoms with E-state index in [1.807, 2.05) is 54.6 Å². The highest BCUT2D eigenvalue weighted by atomic mass is 16.5. The van der Waals surface area contributed by atoms with Crippen LogP contribution >= 0.6 is 0 Å². The lowest BCUT2D eigenvalue weighted by Gasteiger charge is -2.22. The van der Waals surface area contributed by atoms with E-state index < -0.39 is 5.92 Å². The van der Waals surface area contributed by atoms with Crippen LogP contribution in [0.4, 0.5) is 0 Å². The zero-order chi connectivity index (χ0) is 13.8. The second-order valence-electron chi connectivity index (χ2n) is 4.56. The number of hydrogen-bond donors (Lipinski definition) is 0. The van der Waals surface area contributed by atoms with E-state index in [1.165, 1.54) is 6.26 Å². The van der Waals surface area contributed by atoms with Crippen LogP contribution < -0.4 is 4.74 Å². The van der Waals surface area contributed by atoms with Crippen molar-refractivity contribution in [3.63, 3.8) is 0 Å². The van der Waals surface area contributed by atoms with E-state index in [-0.39, 0.29) is 0 Å². The van der Waals surface area contributed by atoms with Crippen molar-refractivity contribution >= 4 is 6.29 Å². The lowest BCUT2D eigenvalue weighted by molar-refractivity contribution is -0.109. The number of carbonyl (C=O) groups excluding carboxylic acids is 1. The molecule has 0 N–H and O–H groups in total. The summed E-state index contributed by atoms with van der Waals surface area (Å²) in [4.78, 5) is 11.4. The molecule has 2 aromatic carbocycles. The van der Waals surface area contributed by atoms with Gasteiger partial charge in [0.15, 0.2) is 0 Å². The summed E-state index contributed by atoms with van der Waals surface area (Å²) >= 11 is 0. The van der Waals surface area contributed by atoms with Gasteiger partial charge in [-0.3, -0.25) is 0 Å². The highest BCUT2D eigenvalue weighted by Gasteiger charge is 2.25. The van der Waals surface area contributed by atoms with Gasteiger partial charge in [0.25, 0.3) is 0 Å². The Morgan fingerprint density at radius 2 is 1.80 bits per heavy atom. The maximum atomic E-state index is 11.4. The van der Waals surface area contributed by atoms with Gasteiger partial charge in [-0.25, -0.2) is 0 Å². The second-order valence-corrected chi connectivity index (χ2v) is 4.56. The molecule has 0 saturated heterocycles. The van der Waals surface area contributed by atoms with Gasteiger partial charge in [-0.2, -0.15) is 0 Å². The highest BCUT2D eigenvalue weighted by Crippen LogP contribution is 2.35. The molecule has 100 valence electrons. The molecule has 0 aliphatic carbocycles. The van der Waals surface area contributed by atoms with E-state index >= 15 is 0 Å².